The molecule has 0 N–H and O–H groups in total. The lowest BCUT2D eigenvalue weighted by Gasteiger charge is -2.01. The van der Waals surface area contributed by atoms with Crippen LogP contribution in [0.4, 0.5) is 0 Å². The maximum absolute atomic E-state index is 5.17. The summed E-state index contributed by atoms with van der Waals surface area (Å²) in [6.07, 6.45) is 1.54. The number of hydrogen-bond acceptors (Lipinski definition) is 1. The molecule has 0 radical (unpaired) electrons. The first-order valence-corrected chi connectivity index (χ1v) is 4.91. The maximum atomic E-state index is 5.17. The van der Waals surface area contributed by atoms with Gasteiger partial charge in [0, 0.05) is 10.9 Å². The Kier molecular flexibility index (Phi) is 2.20. The summed E-state index contributed by atoms with van der Waals surface area (Å²) in [7, 11) is 0. The van der Waals surface area contributed by atoms with Crippen molar-refractivity contribution >= 4 is 15.9 Å². The number of benzene rings is 1. The number of rotatable bonds is 2. The van der Waals surface area contributed by atoms with Crippen molar-refractivity contribution in [3.05, 3.63) is 33.8 Å². The third kappa shape index (κ3) is 1.87. The molecule has 1 fully saturated rings. The standard InChI is InChI=1S/C10H11BrO/c1-7-2-3-8(5-10(7)11)4-9-6-12-9/h2-3,5,9H,4,6H2,1H3. The van der Waals surface area contributed by atoms with Crippen LogP contribution in [0, 0.1) is 6.92 Å². The second-order valence-corrected chi connectivity index (χ2v) is 4.10. The zero-order chi connectivity index (χ0) is 8.55. The van der Waals surface area contributed by atoms with Gasteiger partial charge in [0.05, 0.1) is 12.7 Å². The Hall–Kier alpha value is -0.340. The van der Waals surface area contributed by atoms with E-state index in [0.717, 1.165) is 13.0 Å². The molecule has 1 unspecified atom stereocenters. The molecule has 1 nitrogen and oxygen atoms in total. The van der Waals surface area contributed by atoms with Crippen molar-refractivity contribution in [3.8, 4) is 0 Å². The SMILES string of the molecule is Cc1ccc(CC2CO2)cc1Br. The zero-order valence-electron chi connectivity index (χ0n) is 7.01. The first-order chi connectivity index (χ1) is 5.75. The fourth-order valence-electron chi connectivity index (χ4n) is 1.21. The average molecular weight is 227 g/mol. The van der Waals surface area contributed by atoms with Crippen molar-refractivity contribution in [1.29, 1.82) is 0 Å². The van der Waals surface area contributed by atoms with Crippen LogP contribution in [0.5, 0.6) is 0 Å². The highest BCUT2D eigenvalue weighted by Crippen LogP contribution is 2.21. The van der Waals surface area contributed by atoms with E-state index in [2.05, 4.69) is 41.1 Å². The summed E-state index contributed by atoms with van der Waals surface area (Å²) in [6.45, 7) is 3.03. The molecule has 1 saturated heterocycles. The molecule has 0 aromatic heterocycles. The van der Waals surface area contributed by atoms with E-state index in [1.807, 2.05) is 0 Å². The van der Waals surface area contributed by atoms with E-state index in [4.69, 9.17) is 4.74 Å². The van der Waals surface area contributed by atoms with Crippen molar-refractivity contribution < 1.29 is 4.74 Å². The van der Waals surface area contributed by atoms with Gasteiger partial charge in [-0.25, -0.2) is 0 Å². The van der Waals surface area contributed by atoms with Crippen molar-refractivity contribution in [1.82, 2.24) is 0 Å². The normalized spacial score (nSPS) is 21.0. The summed E-state index contributed by atoms with van der Waals surface area (Å²) in [5.74, 6) is 0. The lowest BCUT2D eigenvalue weighted by atomic mass is 10.1. The molecule has 1 atom stereocenters. The highest BCUT2D eigenvalue weighted by molar-refractivity contribution is 9.10. The van der Waals surface area contributed by atoms with E-state index < -0.39 is 0 Å². The Balaban J connectivity index is 2.15. The molecule has 1 aliphatic rings. The van der Waals surface area contributed by atoms with E-state index in [1.54, 1.807) is 0 Å². The smallest absolute Gasteiger partial charge is 0.0850 e. The molecule has 1 aromatic carbocycles. The largest absolute Gasteiger partial charge is 0.373 e. The minimum absolute atomic E-state index is 0.486. The van der Waals surface area contributed by atoms with Crippen LogP contribution in [-0.2, 0) is 11.2 Å². The van der Waals surface area contributed by atoms with Gasteiger partial charge in [-0.05, 0) is 24.1 Å². The van der Waals surface area contributed by atoms with Gasteiger partial charge in [0.15, 0.2) is 0 Å². The van der Waals surface area contributed by atoms with E-state index in [1.165, 1.54) is 15.6 Å². The maximum Gasteiger partial charge on any atom is 0.0850 e. The summed E-state index contributed by atoms with van der Waals surface area (Å²) in [6, 6.07) is 6.49. The second-order valence-electron chi connectivity index (χ2n) is 3.24. The first kappa shape index (κ1) is 8.27. The molecule has 0 aliphatic carbocycles. The number of aryl methyl sites for hydroxylation is 1. The van der Waals surface area contributed by atoms with Gasteiger partial charge in [-0.1, -0.05) is 28.1 Å². The fourth-order valence-corrected chi connectivity index (χ4v) is 1.64. The summed E-state index contributed by atoms with van der Waals surface area (Å²) in [5.41, 5.74) is 2.64. The molecule has 1 aliphatic heterocycles. The topological polar surface area (TPSA) is 12.5 Å². The molecule has 0 bridgehead atoms. The van der Waals surface area contributed by atoms with Crippen LogP contribution in [0.3, 0.4) is 0 Å². The number of hydrogen-bond donors (Lipinski definition) is 0. The van der Waals surface area contributed by atoms with Crippen molar-refractivity contribution in [2.24, 2.45) is 0 Å². The van der Waals surface area contributed by atoms with Gasteiger partial charge in [0.2, 0.25) is 0 Å². The quantitative estimate of drug-likeness (QED) is 0.707. The summed E-state index contributed by atoms with van der Waals surface area (Å²) >= 11 is 3.52. The first-order valence-electron chi connectivity index (χ1n) is 4.12. The summed E-state index contributed by atoms with van der Waals surface area (Å²) < 4.78 is 6.36. The van der Waals surface area contributed by atoms with E-state index in [9.17, 15) is 0 Å². The van der Waals surface area contributed by atoms with Crippen LogP contribution >= 0.6 is 15.9 Å². The van der Waals surface area contributed by atoms with Crippen molar-refractivity contribution in [2.45, 2.75) is 19.4 Å². The molecule has 1 heterocycles. The average Bonchev–Trinajstić information content (AvgIpc) is 2.81. The number of ether oxygens (including phenoxy) is 1. The fraction of sp³-hybridized carbons (Fsp3) is 0.400. The Morgan fingerprint density at radius 3 is 2.92 bits per heavy atom. The van der Waals surface area contributed by atoms with E-state index >= 15 is 0 Å². The molecule has 0 amide bonds. The Labute approximate surface area is 80.9 Å². The highest BCUT2D eigenvalue weighted by atomic mass is 79.9. The predicted molar refractivity (Wildman–Crippen MR) is 52.3 cm³/mol. The van der Waals surface area contributed by atoms with Gasteiger partial charge >= 0.3 is 0 Å². The van der Waals surface area contributed by atoms with Crippen LogP contribution < -0.4 is 0 Å². The van der Waals surface area contributed by atoms with Crippen LogP contribution in [0.25, 0.3) is 0 Å². The van der Waals surface area contributed by atoms with Crippen LogP contribution in [0.1, 0.15) is 11.1 Å². The van der Waals surface area contributed by atoms with E-state index in [-0.39, 0.29) is 0 Å². The molecule has 2 heteroatoms. The van der Waals surface area contributed by atoms with Gasteiger partial charge in [0.25, 0.3) is 0 Å². The Morgan fingerprint density at radius 1 is 1.58 bits per heavy atom. The van der Waals surface area contributed by atoms with Crippen molar-refractivity contribution in [2.75, 3.05) is 6.61 Å². The zero-order valence-corrected chi connectivity index (χ0v) is 8.60. The predicted octanol–water partition coefficient (Wildman–Crippen LogP) is 2.70. The molecule has 12 heavy (non-hydrogen) atoms. The minimum atomic E-state index is 0.486. The van der Waals surface area contributed by atoms with E-state index in [0.29, 0.717) is 6.10 Å². The summed E-state index contributed by atoms with van der Waals surface area (Å²) in [5, 5.41) is 0. The molecule has 2 rings (SSSR count). The number of halogens is 1. The molecule has 1 aromatic rings. The lowest BCUT2D eigenvalue weighted by molar-refractivity contribution is 0.407. The van der Waals surface area contributed by atoms with Gasteiger partial charge in [0.1, 0.15) is 0 Å². The van der Waals surface area contributed by atoms with Crippen LogP contribution in [0.15, 0.2) is 22.7 Å². The third-order valence-corrected chi connectivity index (χ3v) is 2.96. The summed E-state index contributed by atoms with van der Waals surface area (Å²) in [4.78, 5) is 0. The van der Waals surface area contributed by atoms with Crippen LogP contribution in [-0.4, -0.2) is 12.7 Å². The molecule has 0 saturated carbocycles. The van der Waals surface area contributed by atoms with Gasteiger partial charge in [-0.15, -0.1) is 0 Å². The second kappa shape index (κ2) is 3.19. The highest BCUT2D eigenvalue weighted by Gasteiger charge is 2.22. The molecule has 0 spiro atoms. The van der Waals surface area contributed by atoms with Gasteiger partial charge in [-0.3, -0.25) is 0 Å². The molecular weight excluding hydrogens is 216 g/mol. The van der Waals surface area contributed by atoms with Crippen LogP contribution in [0.2, 0.25) is 0 Å². The monoisotopic (exact) mass is 226 g/mol. The molecular formula is C10H11BrO. The Bertz CT molecular complexity index is 292. The van der Waals surface area contributed by atoms with Crippen molar-refractivity contribution in [3.63, 3.8) is 0 Å². The van der Waals surface area contributed by atoms with Gasteiger partial charge < -0.3 is 4.74 Å². The molecule has 64 valence electrons. The Morgan fingerprint density at radius 2 is 2.33 bits per heavy atom. The van der Waals surface area contributed by atoms with Gasteiger partial charge in [-0.2, -0.15) is 0 Å². The minimum Gasteiger partial charge on any atom is -0.373 e. The number of epoxide rings is 1. The lowest BCUT2D eigenvalue weighted by Crippen LogP contribution is -1.92. The third-order valence-electron chi connectivity index (χ3n) is 2.10.